The lowest BCUT2D eigenvalue weighted by Crippen LogP contribution is -2.32. The number of aromatic carboxylic acids is 1. The van der Waals surface area contributed by atoms with E-state index in [2.05, 4.69) is 15.6 Å². The second-order valence-corrected chi connectivity index (χ2v) is 10.6. The molecule has 3 heterocycles. The maximum Gasteiger partial charge on any atom is 0.335 e. The zero-order valence-electron chi connectivity index (χ0n) is 22.8. The Labute approximate surface area is 248 Å². The van der Waals surface area contributed by atoms with Gasteiger partial charge < -0.3 is 25.1 Å². The van der Waals surface area contributed by atoms with Crippen LogP contribution in [0.15, 0.2) is 102 Å². The van der Waals surface area contributed by atoms with Gasteiger partial charge in [-0.15, -0.1) is 0 Å². The van der Waals surface area contributed by atoms with Gasteiger partial charge in [0.05, 0.1) is 17.3 Å². The van der Waals surface area contributed by atoms with Crippen molar-refractivity contribution in [2.75, 3.05) is 11.9 Å². The van der Waals surface area contributed by atoms with E-state index in [4.69, 9.17) is 16.6 Å². The number of carbonyl (C=O) groups is 2. The Morgan fingerprint density at radius 2 is 1.83 bits per heavy atom. The SMILES string of the molecule is Cc1cc(C(=O)O)ccc1-c1ccc([C@@H]2[C@@H](c3ccccn3)NC(=S)N2CCC(=O)Nc2cccc3ccccc23)o1. The number of carboxylic acids is 1. The van der Waals surface area contributed by atoms with E-state index in [0.29, 0.717) is 23.2 Å². The van der Waals surface area contributed by atoms with Crippen LogP contribution in [0, 0.1) is 6.92 Å². The van der Waals surface area contributed by atoms with E-state index in [-0.39, 0.29) is 30.0 Å². The number of pyridine rings is 1. The van der Waals surface area contributed by atoms with E-state index in [0.717, 1.165) is 33.3 Å². The van der Waals surface area contributed by atoms with E-state index >= 15 is 0 Å². The molecule has 1 amide bonds. The van der Waals surface area contributed by atoms with Gasteiger partial charge in [0, 0.05) is 35.8 Å². The topological polar surface area (TPSA) is 108 Å². The van der Waals surface area contributed by atoms with Crippen molar-refractivity contribution in [3.8, 4) is 11.3 Å². The van der Waals surface area contributed by atoms with E-state index in [1.165, 1.54) is 0 Å². The molecule has 6 rings (SSSR count). The Morgan fingerprint density at radius 1 is 1.02 bits per heavy atom. The molecule has 8 nitrogen and oxygen atoms in total. The fraction of sp³-hybridized carbons (Fsp3) is 0.152. The van der Waals surface area contributed by atoms with Gasteiger partial charge in [-0.25, -0.2) is 4.79 Å². The highest BCUT2D eigenvalue weighted by Crippen LogP contribution is 2.41. The van der Waals surface area contributed by atoms with Crippen molar-refractivity contribution in [1.29, 1.82) is 0 Å². The molecule has 0 radical (unpaired) electrons. The molecule has 2 atom stereocenters. The van der Waals surface area contributed by atoms with Crippen LogP contribution in [-0.2, 0) is 4.79 Å². The second-order valence-electron chi connectivity index (χ2n) is 10.2. The molecular weight excluding hydrogens is 548 g/mol. The molecule has 0 bridgehead atoms. The first kappa shape index (κ1) is 27.2. The van der Waals surface area contributed by atoms with Crippen molar-refractivity contribution >= 4 is 45.7 Å². The summed E-state index contributed by atoms with van der Waals surface area (Å²) >= 11 is 5.76. The van der Waals surface area contributed by atoms with Crippen LogP contribution in [0.1, 0.15) is 45.9 Å². The number of amides is 1. The summed E-state index contributed by atoms with van der Waals surface area (Å²) < 4.78 is 6.40. The molecule has 3 aromatic carbocycles. The van der Waals surface area contributed by atoms with E-state index in [1.807, 2.05) is 84.6 Å². The molecule has 0 aliphatic carbocycles. The normalized spacial score (nSPS) is 16.4. The van der Waals surface area contributed by atoms with Crippen LogP contribution in [0.25, 0.3) is 22.1 Å². The minimum Gasteiger partial charge on any atom is -0.478 e. The number of aromatic nitrogens is 1. The number of hydrogen-bond acceptors (Lipinski definition) is 5. The molecule has 1 saturated heterocycles. The highest BCUT2D eigenvalue weighted by molar-refractivity contribution is 7.80. The molecule has 1 fully saturated rings. The number of benzene rings is 3. The molecular formula is C33H28N4O4S. The van der Waals surface area contributed by atoms with Gasteiger partial charge >= 0.3 is 5.97 Å². The van der Waals surface area contributed by atoms with Crippen LogP contribution in [0.3, 0.4) is 0 Å². The smallest absolute Gasteiger partial charge is 0.335 e. The lowest BCUT2D eigenvalue weighted by molar-refractivity contribution is -0.116. The van der Waals surface area contributed by atoms with E-state index < -0.39 is 5.97 Å². The van der Waals surface area contributed by atoms with Gasteiger partial charge in [0.25, 0.3) is 0 Å². The van der Waals surface area contributed by atoms with Crippen LogP contribution in [0.2, 0.25) is 0 Å². The quantitative estimate of drug-likeness (QED) is 0.180. The number of fused-ring (bicyclic) bond motifs is 1. The number of nitrogens with zero attached hydrogens (tertiary/aromatic N) is 2. The Kier molecular flexibility index (Phi) is 7.41. The van der Waals surface area contributed by atoms with Crippen molar-refractivity contribution in [3.05, 3.63) is 120 Å². The fourth-order valence-corrected chi connectivity index (χ4v) is 5.79. The summed E-state index contributed by atoms with van der Waals surface area (Å²) in [7, 11) is 0. The number of nitrogens with one attached hydrogen (secondary N) is 2. The van der Waals surface area contributed by atoms with Gasteiger partial charge in [0.2, 0.25) is 5.91 Å². The van der Waals surface area contributed by atoms with Crippen LogP contribution >= 0.6 is 12.2 Å². The summed E-state index contributed by atoms with van der Waals surface area (Å²) in [4.78, 5) is 31.1. The largest absolute Gasteiger partial charge is 0.478 e. The third kappa shape index (κ3) is 5.34. The Balaban J connectivity index is 1.26. The van der Waals surface area contributed by atoms with Crippen molar-refractivity contribution in [3.63, 3.8) is 0 Å². The zero-order valence-corrected chi connectivity index (χ0v) is 23.6. The maximum absolute atomic E-state index is 13.1. The summed E-state index contributed by atoms with van der Waals surface area (Å²) in [6, 6.07) is 27.6. The number of rotatable bonds is 8. The van der Waals surface area contributed by atoms with Crippen molar-refractivity contribution in [1.82, 2.24) is 15.2 Å². The number of hydrogen-bond donors (Lipinski definition) is 3. The first-order valence-corrected chi connectivity index (χ1v) is 14.0. The summed E-state index contributed by atoms with van der Waals surface area (Å²) in [5.74, 6) is 0.173. The molecule has 0 unspecified atom stereocenters. The van der Waals surface area contributed by atoms with Gasteiger partial charge in [0.1, 0.15) is 17.6 Å². The predicted octanol–water partition coefficient (Wildman–Crippen LogP) is 6.50. The standard InChI is InChI=1S/C33H28N4O4S/c1-20-19-22(32(39)40)12-13-23(20)27-14-15-28(41-27)31-30(26-10-4-5-17-34-26)36-33(42)37(31)18-16-29(38)35-25-11-6-8-21-7-2-3-9-24(21)25/h2-15,17,19,30-31H,16,18H2,1H3,(H,35,38)(H,36,42)(H,39,40)/t30-,31-/m1/s1. The van der Waals surface area contributed by atoms with Crippen molar-refractivity contribution in [2.45, 2.75) is 25.4 Å². The minimum absolute atomic E-state index is 0.122. The fourth-order valence-electron chi connectivity index (χ4n) is 5.45. The molecule has 42 heavy (non-hydrogen) atoms. The molecule has 2 aromatic heterocycles. The monoisotopic (exact) mass is 576 g/mol. The Hall–Kier alpha value is -5.02. The van der Waals surface area contributed by atoms with E-state index in [9.17, 15) is 14.7 Å². The van der Waals surface area contributed by atoms with Gasteiger partial charge in [0.15, 0.2) is 5.11 Å². The van der Waals surface area contributed by atoms with E-state index in [1.54, 1.807) is 24.4 Å². The summed E-state index contributed by atoms with van der Waals surface area (Å²) in [6.07, 6.45) is 1.94. The third-order valence-corrected chi connectivity index (χ3v) is 7.85. The van der Waals surface area contributed by atoms with Crippen LogP contribution in [-0.4, -0.2) is 38.5 Å². The molecule has 3 N–H and O–H groups in total. The van der Waals surface area contributed by atoms with Crippen LogP contribution in [0.4, 0.5) is 5.69 Å². The molecule has 1 aliphatic rings. The molecule has 5 aromatic rings. The van der Waals surface area contributed by atoms with Crippen LogP contribution < -0.4 is 10.6 Å². The lowest BCUT2D eigenvalue weighted by atomic mass is 10.0. The first-order valence-electron chi connectivity index (χ1n) is 13.6. The average molecular weight is 577 g/mol. The highest BCUT2D eigenvalue weighted by atomic mass is 32.1. The molecule has 0 saturated carbocycles. The van der Waals surface area contributed by atoms with Gasteiger partial charge in [-0.3, -0.25) is 9.78 Å². The zero-order chi connectivity index (χ0) is 29.2. The molecule has 0 spiro atoms. The number of thiocarbonyl (C=S) groups is 1. The summed E-state index contributed by atoms with van der Waals surface area (Å²) in [5, 5.41) is 18.3. The minimum atomic E-state index is -0.978. The highest BCUT2D eigenvalue weighted by Gasteiger charge is 2.41. The number of furan rings is 1. The van der Waals surface area contributed by atoms with Crippen molar-refractivity contribution < 1.29 is 19.1 Å². The maximum atomic E-state index is 13.1. The number of carboxylic acid groups (broad SMARTS) is 1. The third-order valence-electron chi connectivity index (χ3n) is 7.50. The van der Waals surface area contributed by atoms with Crippen molar-refractivity contribution in [2.24, 2.45) is 0 Å². The van der Waals surface area contributed by atoms with Crippen LogP contribution in [0.5, 0.6) is 0 Å². The molecule has 1 aliphatic heterocycles. The Bertz CT molecular complexity index is 1800. The van der Waals surface area contributed by atoms with Gasteiger partial charge in [-0.1, -0.05) is 48.5 Å². The van der Waals surface area contributed by atoms with Gasteiger partial charge in [-0.05, 0) is 72.6 Å². The predicted molar refractivity (Wildman–Crippen MR) is 165 cm³/mol. The number of anilines is 1. The first-order chi connectivity index (χ1) is 20.4. The van der Waals surface area contributed by atoms with Gasteiger partial charge in [-0.2, -0.15) is 0 Å². The summed E-state index contributed by atoms with van der Waals surface area (Å²) in [6.45, 7) is 2.21. The molecule has 210 valence electrons. The number of carbonyl (C=O) groups excluding carboxylic acids is 1. The molecule has 9 heteroatoms. The average Bonchev–Trinajstić information content (AvgIpc) is 3.61. The second kappa shape index (κ2) is 11.5. The lowest BCUT2D eigenvalue weighted by Gasteiger charge is -2.26. The number of aryl methyl sites for hydroxylation is 1. The summed E-state index contributed by atoms with van der Waals surface area (Å²) in [5.41, 5.74) is 3.38. The Morgan fingerprint density at radius 3 is 2.62 bits per heavy atom.